The van der Waals surface area contributed by atoms with E-state index < -0.39 is 0 Å². The zero-order valence-electron chi connectivity index (χ0n) is 9.88. The minimum atomic E-state index is 0.395. The van der Waals surface area contributed by atoms with Crippen molar-refractivity contribution < 1.29 is 5.11 Å². The number of rotatable bonds is 5. The van der Waals surface area contributed by atoms with Crippen LogP contribution in [0.5, 0.6) is 5.75 Å². The first-order valence-corrected chi connectivity index (χ1v) is 7.43. The van der Waals surface area contributed by atoms with Crippen LogP contribution in [0.25, 0.3) is 0 Å². The maximum Gasteiger partial charge on any atom is 0.123 e. The molecule has 0 aliphatic carbocycles. The van der Waals surface area contributed by atoms with E-state index in [9.17, 15) is 5.11 Å². The molecule has 0 aromatic heterocycles. The third-order valence-electron chi connectivity index (χ3n) is 2.40. The summed E-state index contributed by atoms with van der Waals surface area (Å²) in [6.07, 6.45) is 2.10. The fraction of sp³-hybridized carbons (Fsp3) is 0.500. The van der Waals surface area contributed by atoms with Crippen molar-refractivity contribution in [2.45, 2.75) is 26.4 Å². The second-order valence-corrected chi connectivity index (χ2v) is 5.79. The summed E-state index contributed by atoms with van der Waals surface area (Å²) in [4.78, 5) is 0. The van der Waals surface area contributed by atoms with Gasteiger partial charge in [0.15, 0.2) is 0 Å². The van der Waals surface area contributed by atoms with Crippen molar-refractivity contribution in [3.8, 4) is 5.75 Å². The van der Waals surface area contributed by atoms with Gasteiger partial charge < -0.3 is 10.4 Å². The van der Waals surface area contributed by atoms with Crippen LogP contribution in [0.1, 0.15) is 18.1 Å². The molecule has 0 spiro atoms. The standard InChI is InChI=1S/C12H18BrNOS/c1-8-4-11(13)5-10(12(8)15)6-14-9(2)7-16-3/h4-5,9,14-15H,6-7H2,1-3H3. The third kappa shape index (κ3) is 4.00. The normalized spacial score (nSPS) is 12.8. The number of nitrogens with one attached hydrogen (secondary N) is 1. The molecule has 4 heteroatoms. The second kappa shape index (κ2) is 6.52. The Kier molecular flexibility index (Phi) is 5.66. The zero-order valence-corrected chi connectivity index (χ0v) is 12.3. The molecule has 0 aliphatic heterocycles. The lowest BCUT2D eigenvalue weighted by atomic mass is 10.1. The third-order valence-corrected chi connectivity index (χ3v) is 3.69. The summed E-state index contributed by atoms with van der Waals surface area (Å²) in [5.41, 5.74) is 1.85. The maximum absolute atomic E-state index is 9.90. The molecule has 0 saturated heterocycles. The minimum absolute atomic E-state index is 0.395. The minimum Gasteiger partial charge on any atom is -0.507 e. The van der Waals surface area contributed by atoms with Crippen molar-refractivity contribution in [1.82, 2.24) is 5.32 Å². The SMILES string of the molecule is CSCC(C)NCc1cc(Br)cc(C)c1O. The molecule has 2 nitrogen and oxygen atoms in total. The molecule has 1 unspecified atom stereocenters. The Hall–Kier alpha value is -0.190. The Labute approximate surface area is 110 Å². The van der Waals surface area contributed by atoms with Crippen LogP contribution in [0.3, 0.4) is 0 Å². The van der Waals surface area contributed by atoms with Gasteiger partial charge >= 0.3 is 0 Å². The lowest BCUT2D eigenvalue weighted by molar-refractivity contribution is 0.457. The Balaban J connectivity index is 2.66. The van der Waals surface area contributed by atoms with Gasteiger partial charge in [0.05, 0.1) is 0 Å². The van der Waals surface area contributed by atoms with Crippen LogP contribution in [-0.4, -0.2) is 23.2 Å². The Bertz CT molecular complexity index is 357. The number of phenols is 1. The molecule has 1 aromatic rings. The van der Waals surface area contributed by atoms with Crippen molar-refractivity contribution in [3.63, 3.8) is 0 Å². The van der Waals surface area contributed by atoms with Crippen molar-refractivity contribution in [2.24, 2.45) is 0 Å². The van der Waals surface area contributed by atoms with Crippen molar-refractivity contribution in [2.75, 3.05) is 12.0 Å². The Morgan fingerprint density at radius 3 is 2.81 bits per heavy atom. The number of hydrogen-bond donors (Lipinski definition) is 2. The van der Waals surface area contributed by atoms with Crippen LogP contribution < -0.4 is 5.32 Å². The molecule has 0 heterocycles. The quantitative estimate of drug-likeness (QED) is 0.875. The van der Waals surface area contributed by atoms with Gasteiger partial charge in [-0.1, -0.05) is 15.9 Å². The highest BCUT2D eigenvalue weighted by molar-refractivity contribution is 9.10. The fourth-order valence-electron chi connectivity index (χ4n) is 1.53. The van der Waals surface area contributed by atoms with Crippen LogP contribution in [0, 0.1) is 6.92 Å². The molecule has 0 radical (unpaired) electrons. The summed E-state index contributed by atoms with van der Waals surface area (Å²) in [7, 11) is 0. The predicted molar refractivity (Wildman–Crippen MR) is 75.2 cm³/mol. The van der Waals surface area contributed by atoms with E-state index in [2.05, 4.69) is 34.4 Å². The Morgan fingerprint density at radius 1 is 1.50 bits per heavy atom. The first-order valence-electron chi connectivity index (χ1n) is 5.25. The van der Waals surface area contributed by atoms with Gasteiger partial charge in [0, 0.05) is 28.4 Å². The molecule has 16 heavy (non-hydrogen) atoms. The number of halogens is 1. The molecule has 1 atom stereocenters. The smallest absolute Gasteiger partial charge is 0.123 e. The number of aryl methyl sites for hydroxylation is 1. The van der Waals surface area contributed by atoms with E-state index in [1.165, 1.54) is 0 Å². The average Bonchev–Trinajstić information content (AvgIpc) is 2.21. The highest BCUT2D eigenvalue weighted by Crippen LogP contribution is 2.26. The van der Waals surface area contributed by atoms with Gasteiger partial charge in [-0.3, -0.25) is 0 Å². The van der Waals surface area contributed by atoms with Crippen molar-refractivity contribution in [1.29, 1.82) is 0 Å². The van der Waals surface area contributed by atoms with E-state index in [0.717, 1.165) is 21.4 Å². The van der Waals surface area contributed by atoms with Gasteiger partial charge in [-0.05, 0) is 37.8 Å². The summed E-state index contributed by atoms with van der Waals surface area (Å²) in [6.45, 7) is 4.77. The summed E-state index contributed by atoms with van der Waals surface area (Å²) >= 11 is 5.26. The summed E-state index contributed by atoms with van der Waals surface area (Å²) in [6, 6.07) is 4.33. The van der Waals surface area contributed by atoms with Gasteiger partial charge in [0.25, 0.3) is 0 Å². The molecule has 1 rings (SSSR count). The number of hydrogen-bond acceptors (Lipinski definition) is 3. The fourth-order valence-corrected chi connectivity index (χ4v) is 2.77. The van der Waals surface area contributed by atoms with E-state index >= 15 is 0 Å². The zero-order chi connectivity index (χ0) is 12.1. The summed E-state index contributed by atoms with van der Waals surface area (Å²) < 4.78 is 1.01. The molecule has 2 N–H and O–H groups in total. The molecular formula is C12H18BrNOS. The van der Waals surface area contributed by atoms with E-state index in [0.29, 0.717) is 18.3 Å². The molecule has 1 aromatic carbocycles. The van der Waals surface area contributed by atoms with Gasteiger partial charge in [0.1, 0.15) is 5.75 Å². The maximum atomic E-state index is 9.90. The number of benzene rings is 1. The van der Waals surface area contributed by atoms with Crippen molar-refractivity contribution >= 4 is 27.7 Å². The first-order chi connectivity index (χ1) is 7.54. The second-order valence-electron chi connectivity index (χ2n) is 3.97. The van der Waals surface area contributed by atoms with Crippen LogP contribution in [0.2, 0.25) is 0 Å². The van der Waals surface area contributed by atoms with Crippen LogP contribution in [-0.2, 0) is 6.54 Å². The number of aromatic hydroxyl groups is 1. The average molecular weight is 304 g/mol. The van der Waals surface area contributed by atoms with Crippen LogP contribution >= 0.6 is 27.7 Å². The van der Waals surface area contributed by atoms with Gasteiger partial charge in [-0.15, -0.1) is 0 Å². The molecule has 0 saturated carbocycles. The highest BCUT2D eigenvalue weighted by atomic mass is 79.9. The Morgan fingerprint density at radius 2 is 2.19 bits per heavy atom. The van der Waals surface area contributed by atoms with Gasteiger partial charge in [-0.2, -0.15) is 11.8 Å². The lowest BCUT2D eigenvalue weighted by Gasteiger charge is -2.14. The lowest BCUT2D eigenvalue weighted by Crippen LogP contribution is -2.27. The molecule has 0 amide bonds. The van der Waals surface area contributed by atoms with E-state index in [1.54, 1.807) is 0 Å². The highest BCUT2D eigenvalue weighted by Gasteiger charge is 2.07. The van der Waals surface area contributed by atoms with Crippen molar-refractivity contribution in [3.05, 3.63) is 27.7 Å². The van der Waals surface area contributed by atoms with E-state index in [-0.39, 0.29) is 0 Å². The molecule has 0 fully saturated rings. The number of thioether (sulfide) groups is 1. The predicted octanol–water partition coefficient (Wildman–Crippen LogP) is 3.30. The molecule has 90 valence electrons. The molecule has 0 bridgehead atoms. The van der Waals surface area contributed by atoms with Crippen LogP contribution in [0.15, 0.2) is 16.6 Å². The molecule has 0 aliphatic rings. The summed E-state index contributed by atoms with van der Waals surface area (Å²) in [5.74, 6) is 1.47. The largest absolute Gasteiger partial charge is 0.507 e. The molecular weight excluding hydrogens is 286 g/mol. The monoisotopic (exact) mass is 303 g/mol. The van der Waals surface area contributed by atoms with Gasteiger partial charge in [-0.25, -0.2) is 0 Å². The number of phenolic OH excluding ortho intramolecular Hbond substituents is 1. The summed E-state index contributed by atoms with van der Waals surface area (Å²) in [5, 5.41) is 13.3. The van der Waals surface area contributed by atoms with Gasteiger partial charge in [0.2, 0.25) is 0 Å². The first kappa shape index (κ1) is 13.9. The van der Waals surface area contributed by atoms with E-state index in [1.807, 2.05) is 30.8 Å². The topological polar surface area (TPSA) is 32.3 Å². The van der Waals surface area contributed by atoms with E-state index in [4.69, 9.17) is 0 Å². The van der Waals surface area contributed by atoms with Crippen LogP contribution in [0.4, 0.5) is 0 Å².